The van der Waals surface area contributed by atoms with E-state index in [4.69, 9.17) is 0 Å². The molecule has 0 amide bonds. The van der Waals surface area contributed by atoms with Gasteiger partial charge < -0.3 is 9.36 Å². The maximum atomic E-state index is 10.9. The van der Waals surface area contributed by atoms with E-state index in [-0.39, 0.29) is 5.78 Å². The summed E-state index contributed by atoms with van der Waals surface area (Å²) in [6.07, 6.45) is 6.34. The van der Waals surface area contributed by atoms with Crippen molar-refractivity contribution in [3.63, 3.8) is 0 Å². The minimum Gasteiger partial charge on any atom is -0.331 e. The van der Waals surface area contributed by atoms with Crippen LogP contribution in [0.25, 0.3) is 11.3 Å². The number of rotatable bonds is 6. The van der Waals surface area contributed by atoms with Gasteiger partial charge in [0.2, 0.25) is 0 Å². The molecule has 0 saturated carbocycles. The Morgan fingerprint density at radius 2 is 2.00 bits per heavy atom. The SMILES string of the molecule is CC(=O)CCCCn1cncc1-c1ccc(Br)cc1. The molecule has 1 aromatic heterocycles. The van der Waals surface area contributed by atoms with Crippen molar-refractivity contribution in [3.8, 4) is 11.3 Å². The van der Waals surface area contributed by atoms with Gasteiger partial charge in [0.25, 0.3) is 0 Å². The second kappa shape index (κ2) is 6.66. The summed E-state index contributed by atoms with van der Waals surface area (Å²) in [6.45, 7) is 2.54. The molecule has 0 aliphatic heterocycles. The lowest BCUT2D eigenvalue weighted by atomic mass is 10.1. The average molecular weight is 321 g/mol. The van der Waals surface area contributed by atoms with E-state index in [0.717, 1.165) is 35.1 Å². The Bertz CT molecular complexity index is 546. The van der Waals surface area contributed by atoms with E-state index < -0.39 is 0 Å². The summed E-state index contributed by atoms with van der Waals surface area (Å²) in [7, 11) is 0. The third-order valence-corrected chi connectivity index (χ3v) is 3.56. The van der Waals surface area contributed by atoms with Gasteiger partial charge in [0.1, 0.15) is 5.78 Å². The number of nitrogens with zero attached hydrogens (tertiary/aromatic N) is 2. The summed E-state index contributed by atoms with van der Waals surface area (Å²) in [5.41, 5.74) is 2.28. The molecule has 1 heterocycles. The predicted octanol–water partition coefficient (Wildman–Crippen LogP) is 4.07. The Labute approximate surface area is 121 Å². The quantitative estimate of drug-likeness (QED) is 0.752. The normalized spacial score (nSPS) is 10.6. The second-order valence-corrected chi connectivity index (χ2v) is 5.55. The number of imidazole rings is 1. The molecule has 0 radical (unpaired) electrons. The van der Waals surface area contributed by atoms with Crippen LogP contribution in [0.2, 0.25) is 0 Å². The minimum absolute atomic E-state index is 0.263. The largest absolute Gasteiger partial charge is 0.331 e. The lowest BCUT2D eigenvalue weighted by Crippen LogP contribution is -2.00. The second-order valence-electron chi connectivity index (χ2n) is 4.64. The van der Waals surface area contributed by atoms with Crippen LogP contribution in [0, 0.1) is 0 Å². The third-order valence-electron chi connectivity index (χ3n) is 3.03. The molecule has 19 heavy (non-hydrogen) atoms. The van der Waals surface area contributed by atoms with E-state index in [1.807, 2.05) is 24.7 Å². The molecule has 0 aliphatic carbocycles. The molecule has 0 saturated heterocycles. The Hall–Kier alpha value is -1.42. The Morgan fingerprint density at radius 3 is 2.68 bits per heavy atom. The van der Waals surface area contributed by atoms with Crippen LogP contribution >= 0.6 is 15.9 Å². The maximum absolute atomic E-state index is 10.9. The van der Waals surface area contributed by atoms with Crippen LogP contribution in [0.5, 0.6) is 0 Å². The van der Waals surface area contributed by atoms with Crippen molar-refractivity contribution in [2.75, 3.05) is 0 Å². The molecule has 0 aliphatic rings. The van der Waals surface area contributed by atoms with Crippen molar-refractivity contribution in [1.82, 2.24) is 9.55 Å². The standard InChI is InChI=1S/C15H17BrN2O/c1-12(19)4-2-3-9-18-11-17-10-15(18)13-5-7-14(16)8-6-13/h5-8,10-11H,2-4,9H2,1H3. The number of halogens is 1. The van der Waals surface area contributed by atoms with Gasteiger partial charge in [-0.05, 0) is 37.5 Å². The first-order valence-corrected chi connectivity index (χ1v) is 7.21. The molecule has 0 unspecified atom stereocenters. The highest BCUT2D eigenvalue weighted by Crippen LogP contribution is 2.21. The molecule has 0 fully saturated rings. The van der Waals surface area contributed by atoms with Crippen LogP contribution < -0.4 is 0 Å². The van der Waals surface area contributed by atoms with Gasteiger partial charge in [-0.2, -0.15) is 0 Å². The first-order chi connectivity index (χ1) is 9.16. The monoisotopic (exact) mass is 320 g/mol. The van der Waals surface area contributed by atoms with E-state index >= 15 is 0 Å². The summed E-state index contributed by atoms with van der Waals surface area (Å²) in [4.78, 5) is 15.1. The average Bonchev–Trinajstić information content (AvgIpc) is 2.84. The van der Waals surface area contributed by atoms with Gasteiger partial charge in [0.15, 0.2) is 0 Å². The predicted molar refractivity (Wildman–Crippen MR) is 79.9 cm³/mol. The fourth-order valence-electron chi connectivity index (χ4n) is 2.02. The third kappa shape index (κ3) is 4.03. The van der Waals surface area contributed by atoms with E-state index in [1.165, 1.54) is 0 Å². The number of carbonyl (C=O) groups excluding carboxylic acids is 1. The van der Waals surface area contributed by atoms with Gasteiger partial charge in [-0.3, -0.25) is 0 Å². The van der Waals surface area contributed by atoms with Gasteiger partial charge in [0, 0.05) is 17.4 Å². The fraction of sp³-hybridized carbons (Fsp3) is 0.333. The minimum atomic E-state index is 0.263. The first kappa shape index (κ1) is 14.0. The van der Waals surface area contributed by atoms with Gasteiger partial charge in [-0.25, -0.2) is 4.98 Å². The molecule has 0 bridgehead atoms. The fourth-order valence-corrected chi connectivity index (χ4v) is 2.28. The topological polar surface area (TPSA) is 34.9 Å². The molecule has 0 atom stereocenters. The molecule has 1 aromatic carbocycles. The van der Waals surface area contributed by atoms with Crippen LogP contribution in [-0.2, 0) is 11.3 Å². The molecule has 3 nitrogen and oxygen atoms in total. The highest BCUT2D eigenvalue weighted by atomic mass is 79.9. The number of ketones is 1. The van der Waals surface area contributed by atoms with Crippen LogP contribution in [0.1, 0.15) is 26.2 Å². The van der Waals surface area contributed by atoms with Gasteiger partial charge in [-0.15, -0.1) is 0 Å². The van der Waals surface area contributed by atoms with E-state index in [2.05, 4.69) is 37.6 Å². The highest BCUT2D eigenvalue weighted by molar-refractivity contribution is 9.10. The maximum Gasteiger partial charge on any atom is 0.129 e. The number of hydrogen-bond donors (Lipinski definition) is 0. The summed E-state index contributed by atoms with van der Waals surface area (Å²) in [5.74, 6) is 0.263. The molecule has 0 N–H and O–H groups in total. The summed E-state index contributed by atoms with van der Waals surface area (Å²) >= 11 is 3.44. The van der Waals surface area contributed by atoms with Crippen LogP contribution in [0.4, 0.5) is 0 Å². The Kier molecular flexibility index (Phi) is 4.91. The van der Waals surface area contributed by atoms with E-state index in [9.17, 15) is 4.79 Å². The zero-order valence-electron chi connectivity index (χ0n) is 11.0. The number of carbonyl (C=O) groups is 1. The van der Waals surface area contributed by atoms with Gasteiger partial charge in [0.05, 0.1) is 18.2 Å². The lowest BCUT2D eigenvalue weighted by Gasteiger charge is -2.08. The summed E-state index contributed by atoms with van der Waals surface area (Å²) in [5, 5.41) is 0. The Balaban J connectivity index is 2.01. The van der Waals surface area contributed by atoms with Gasteiger partial charge >= 0.3 is 0 Å². The number of hydrogen-bond acceptors (Lipinski definition) is 2. The first-order valence-electron chi connectivity index (χ1n) is 6.42. The van der Waals surface area contributed by atoms with Crippen LogP contribution in [0.15, 0.2) is 41.3 Å². The highest BCUT2D eigenvalue weighted by Gasteiger charge is 2.05. The molecule has 0 spiro atoms. The van der Waals surface area contributed by atoms with Crippen LogP contribution in [-0.4, -0.2) is 15.3 Å². The molecule has 100 valence electrons. The lowest BCUT2D eigenvalue weighted by molar-refractivity contribution is -0.117. The number of benzene rings is 1. The molecule has 4 heteroatoms. The number of aromatic nitrogens is 2. The van der Waals surface area contributed by atoms with Crippen molar-refractivity contribution < 1.29 is 4.79 Å². The van der Waals surface area contributed by atoms with Crippen molar-refractivity contribution in [3.05, 3.63) is 41.3 Å². The summed E-state index contributed by atoms with van der Waals surface area (Å²) in [6, 6.07) is 8.21. The number of unbranched alkanes of at least 4 members (excludes halogenated alkanes) is 1. The van der Waals surface area contributed by atoms with Crippen molar-refractivity contribution in [1.29, 1.82) is 0 Å². The summed E-state index contributed by atoms with van der Waals surface area (Å²) < 4.78 is 3.22. The van der Waals surface area contributed by atoms with E-state index in [1.54, 1.807) is 6.92 Å². The molecular formula is C15H17BrN2O. The molecule has 2 rings (SSSR count). The van der Waals surface area contributed by atoms with E-state index in [0.29, 0.717) is 6.42 Å². The van der Waals surface area contributed by atoms with Gasteiger partial charge in [-0.1, -0.05) is 28.1 Å². The Morgan fingerprint density at radius 1 is 1.26 bits per heavy atom. The zero-order chi connectivity index (χ0) is 13.7. The van der Waals surface area contributed by atoms with Crippen molar-refractivity contribution >= 4 is 21.7 Å². The smallest absolute Gasteiger partial charge is 0.129 e. The molecule has 2 aromatic rings. The van der Waals surface area contributed by atoms with Crippen molar-refractivity contribution in [2.45, 2.75) is 32.7 Å². The number of Topliss-reactive ketones (excluding diaryl/α,β-unsaturated/α-hetero) is 1. The zero-order valence-corrected chi connectivity index (χ0v) is 12.6. The number of aryl methyl sites for hydroxylation is 1. The van der Waals surface area contributed by atoms with Crippen LogP contribution in [0.3, 0.4) is 0 Å². The molecular weight excluding hydrogens is 304 g/mol. The van der Waals surface area contributed by atoms with Crippen molar-refractivity contribution in [2.24, 2.45) is 0 Å².